The molecule has 5 heteroatoms. The third-order valence-electron chi connectivity index (χ3n) is 3.66. The zero-order chi connectivity index (χ0) is 14.5. The fourth-order valence-electron chi connectivity index (χ4n) is 2.62. The van der Waals surface area contributed by atoms with E-state index in [9.17, 15) is 4.79 Å². The average Bonchev–Trinajstić information content (AvgIpc) is 2.47. The lowest BCUT2D eigenvalue weighted by Crippen LogP contribution is -2.38. The molecule has 0 aromatic heterocycles. The monoisotopic (exact) mass is 341 g/mol. The molecule has 110 valence electrons. The molecule has 1 atom stereocenters. The van der Waals surface area contributed by atoms with Crippen molar-refractivity contribution in [3.05, 3.63) is 28.2 Å². The Morgan fingerprint density at radius 3 is 2.90 bits per heavy atom. The van der Waals surface area contributed by atoms with Gasteiger partial charge in [0.25, 0.3) is 0 Å². The molecule has 0 spiro atoms. The van der Waals surface area contributed by atoms with Crippen LogP contribution in [0.1, 0.15) is 18.4 Å². The highest BCUT2D eigenvalue weighted by molar-refractivity contribution is 9.10. The molecular weight excluding hydrogens is 322 g/mol. The summed E-state index contributed by atoms with van der Waals surface area (Å²) in [4.78, 5) is 13.9. The van der Waals surface area contributed by atoms with Crippen LogP contribution in [-0.2, 0) is 16.1 Å². The molecule has 1 fully saturated rings. The fraction of sp³-hybridized carbons (Fsp3) is 0.533. The van der Waals surface area contributed by atoms with E-state index in [1.54, 1.807) is 7.11 Å². The molecule has 0 aliphatic carbocycles. The Kier molecular flexibility index (Phi) is 5.43. The minimum Gasteiger partial charge on any atom is -0.496 e. The second-order valence-electron chi connectivity index (χ2n) is 5.07. The van der Waals surface area contributed by atoms with Crippen molar-refractivity contribution in [2.75, 3.05) is 27.3 Å². The summed E-state index contributed by atoms with van der Waals surface area (Å²) in [6.45, 7) is 2.64. The Morgan fingerprint density at radius 2 is 2.25 bits per heavy atom. The van der Waals surface area contributed by atoms with Crippen LogP contribution in [0.25, 0.3) is 0 Å². The predicted octanol–water partition coefficient (Wildman–Crippen LogP) is 2.84. The van der Waals surface area contributed by atoms with Crippen LogP contribution in [0.5, 0.6) is 5.75 Å². The fourth-order valence-corrected chi connectivity index (χ4v) is 3.21. The van der Waals surface area contributed by atoms with E-state index in [1.807, 2.05) is 6.07 Å². The van der Waals surface area contributed by atoms with Crippen LogP contribution in [-0.4, -0.2) is 38.2 Å². The van der Waals surface area contributed by atoms with Gasteiger partial charge in [-0.05, 0) is 53.0 Å². The van der Waals surface area contributed by atoms with Crippen LogP contribution in [0.4, 0.5) is 0 Å². The third kappa shape index (κ3) is 3.73. The maximum atomic E-state index is 11.6. The van der Waals surface area contributed by atoms with Crippen molar-refractivity contribution >= 4 is 21.9 Å². The van der Waals surface area contributed by atoms with E-state index in [4.69, 9.17) is 9.47 Å². The van der Waals surface area contributed by atoms with Crippen molar-refractivity contribution in [3.63, 3.8) is 0 Å². The Hall–Kier alpha value is -1.07. The Labute approximate surface area is 128 Å². The van der Waals surface area contributed by atoms with Gasteiger partial charge in [0.2, 0.25) is 0 Å². The Bertz CT molecular complexity index is 478. The molecule has 0 unspecified atom stereocenters. The number of ether oxygens (including phenoxy) is 2. The Morgan fingerprint density at radius 1 is 1.45 bits per heavy atom. The van der Waals surface area contributed by atoms with Gasteiger partial charge in [-0.25, -0.2) is 0 Å². The van der Waals surface area contributed by atoms with Gasteiger partial charge < -0.3 is 9.47 Å². The number of likely N-dealkylation sites (tertiary alicyclic amines) is 1. The first-order chi connectivity index (χ1) is 9.63. The van der Waals surface area contributed by atoms with Crippen molar-refractivity contribution in [1.29, 1.82) is 0 Å². The first kappa shape index (κ1) is 15.3. The molecule has 2 rings (SSSR count). The van der Waals surface area contributed by atoms with E-state index in [2.05, 4.69) is 33.0 Å². The second kappa shape index (κ2) is 7.09. The number of methoxy groups -OCH3 is 2. The number of esters is 1. The molecular formula is C15H20BrNO3. The van der Waals surface area contributed by atoms with Gasteiger partial charge in [-0.2, -0.15) is 0 Å². The van der Waals surface area contributed by atoms with Crippen LogP contribution in [0.2, 0.25) is 0 Å². The quantitative estimate of drug-likeness (QED) is 0.789. The topological polar surface area (TPSA) is 38.8 Å². The summed E-state index contributed by atoms with van der Waals surface area (Å²) < 4.78 is 11.0. The number of rotatable bonds is 4. The molecule has 0 amide bonds. The number of benzene rings is 1. The number of hydrogen-bond donors (Lipinski definition) is 0. The minimum atomic E-state index is -0.0920. The van der Waals surface area contributed by atoms with Gasteiger partial charge in [0.15, 0.2) is 0 Å². The standard InChI is InChI=1S/C15H20BrNO3/c1-19-14-6-5-11(8-13(14)16)9-17-7-3-4-12(10-17)15(18)20-2/h5-6,8,12H,3-4,7,9-10H2,1-2H3/t12-/m0/s1. The van der Waals surface area contributed by atoms with E-state index < -0.39 is 0 Å². The first-order valence-corrected chi connectivity index (χ1v) is 7.56. The zero-order valence-corrected chi connectivity index (χ0v) is 13.5. The predicted molar refractivity (Wildman–Crippen MR) is 80.7 cm³/mol. The molecule has 1 saturated heterocycles. The molecule has 1 heterocycles. The first-order valence-electron chi connectivity index (χ1n) is 6.76. The number of nitrogens with zero attached hydrogens (tertiary/aromatic N) is 1. The SMILES string of the molecule is COC(=O)[C@H]1CCCN(Cc2ccc(OC)c(Br)c2)C1. The molecule has 1 aromatic rings. The van der Waals surface area contributed by atoms with Gasteiger partial charge in [-0.15, -0.1) is 0 Å². The van der Waals surface area contributed by atoms with E-state index in [0.717, 1.165) is 42.7 Å². The van der Waals surface area contributed by atoms with E-state index in [1.165, 1.54) is 12.7 Å². The highest BCUT2D eigenvalue weighted by Crippen LogP contribution is 2.27. The molecule has 0 radical (unpaired) electrons. The third-order valence-corrected chi connectivity index (χ3v) is 4.28. The van der Waals surface area contributed by atoms with E-state index in [0.29, 0.717) is 0 Å². The van der Waals surface area contributed by atoms with Crippen molar-refractivity contribution in [3.8, 4) is 5.75 Å². The van der Waals surface area contributed by atoms with Gasteiger partial charge in [0.1, 0.15) is 5.75 Å². The van der Waals surface area contributed by atoms with E-state index in [-0.39, 0.29) is 11.9 Å². The number of hydrogen-bond acceptors (Lipinski definition) is 4. The zero-order valence-electron chi connectivity index (χ0n) is 11.9. The molecule has 4 nitrogen and oxygen atoms in total. The van der Waals surface area contributed by atoms with Crippen LogP contribution >= 0.6 is 15.9 Å². The summed E-state index contributed by atoms with van der Waals surface area (Å²) in [6, 6.07) is 6.09. The number of carbonyl (C=O) groups is 1. The normalized spacial score (nSPS) is 19.6. The average molecular weight is 342 g/mol. The lowest BCUT2D eigenvalue weighted by atomic mass is 9.98. The number of halogens is 1. The largest absolute Gasteiger partial charge is 0.496 e. The maximum absolute atomic E-state index is 11.6. The van der Waals surface area contributed by atoms with Crippen LogP contribution < -0.4 is 4.74 Å². The van der Waals surface area contributed by atoms with Crippen LogP contribution in [0, 0.1) is 5.92 Å². The lowest BCUT2D eigenvalue weighted by molar-refractivity contribution is -0.147. The van der Waals surface area contributed by atoms with Gasteiger partial charge in [-0.3, -0.25) is 9.69 Å². The number of carbonyl (C=O) groups excluding carboxylic acids is 1. The van der Waals surface area contributed by atoms with E-state index >= 15 is 0 Å². The van der Waals surface area contributed by atoms with Crippen molar-refractivity contribution in [2.45, 2.75) is 19.4 Å². The highest BCUT2D eigenvalue weighted by atomic mass is 79.9. The summed E-state index contributed by atoms with van der Waals surface area (Å²) in [6.07, 6.45) is 1.96. The van der Waals surface area contributed by atoms with Crippen LogP contribution in [0.3, 0.4) is 0 Å². The summed E-state index contributed by atoms with van der Waals surface area (Å²) in [7, 11) is 3.12. The van der Waals surface area contributed by atoms with Gasteiger partial charge in [-0.1, -0.05) is 6.07 Å². The molecule has 1 aliphatic heterocycles. The molecule has 1 aromatic carbocycles. The summed E-state index contributed by atoms with van der Waals surface area (Å²) >= 11 is 3.50. The molecule has 0 bridgehead atoms. The highest BCUT2D eigenvalue weighted by Gasteiger charge is 2.26. The van der Waals surface area contributed by atoms with Gasteiger partial charge >= 0.3 is 5.97 Å². The number of piperidine rings is 1. The second-order valence-corrected chi connectivity index (χ2v) is 5.92. The van der Waals surface area contributed by atoms with Crippen LogP contribution in [0.15, 0.2) is 22.7 Å². The maximum Gasteiger partial charge on any atom is 0.309 e. The molecule has 0 saturated carbocycles. The Balaban J connectivity index is 1.99. The minimum absolute atomic E-state index is 0.00967. The summed E-state index contributed by atoms with van der Waals surface area (Å²) in [5.74, 6) is 0.751. The lowest BCUT2D eigenvalue weighted by Gasteiger charge is -2.31. The molecule has 20 heavy (non-hydrogen) atoms. The molecule has 0 N–H and O–H groups in total. The summed E-state index contributed by atoms with van der Waals surface area (Å²) in [5, 5.41) is 0. The smallest absolute Gasteiger partial charge is 0.309 e. The van der Waals surface area contributed by atoms with Crippen molar-refractivity contribution in [1.82, 2.24) is 4.90 Å². The van der Waals surface area contributed by atoms with Gasteiger partial charge in [0, 0.05) is 13.1 Å². The van der Waals surface area contributed by atoms with Crippen molar-refractivity contribution < 1.29 is 14.3 Å². The van der Waals surface area contributed by atoms with Gasteiger partial charge in [0.05, 0.1) is 24.6 Å². The molecule has 1 aliphatic rings. The summed E-state index contributed by atoms with van der Waals surface area (Å²) in [5.41, 5.74) is 1.21. The van der Waals surface area contributed by atoms with Crippen molar-refractivity contribution in [2.24, 2.45) is 5.92 Å².